The minimum atomic E-state index is -0.242. The number of aromatic nitrogens is 1. The quantitative estimate of drug-likeness (QED) is 0.881. The fourth-order valence-electron chi connectivity index (χ4n) is 3.36. The van der Waals surface area contributed by atoms with Gasteiger partial charge in [-0.2, -0.15) is 0 Å². The van der Waals surface area contributed by atoms with Gasteiger partial charge in [0.25, 0.3) is 0 Å². The van der Waals surface area contributed by atoms with Crippen molar-refractivity contribution in [2.45, 2.75) is 64.1 Å². The first-order valence-corrected chi connectivity index (χ1v) is 8.13. The zero-order valence-corrected chi connectivity index (χ0v) is 12.7. The Labute approximate surface area is 123 Å². The lowest BCUT2D eigenvalue weighted by Crippen LogP contribution is -2.49. The van der Waals surface area contributed by atoms with E-state index in [1.165, 1.54) is 0 Å². The van der Waals surface area contributed by atoms with Crippen LogP contribution in [0.1, 0.15) is 43.3 Å². The van der Waals surface area contributed by atoms with E-state index in [0.717, 1.165) is 35.0 Å². The van der Waals surface area contributed by atoms with Crippen LogP contribution >= 0.6 is 11.3 Å². The Morgan fingerprint density at radius 3 is 2.65 bits per heavy atom. The third kappa shape index (κ3) is 2.42. The molecule has 6 heteroatoms. The lowest BCUT2D eigenvalue weighted by Gasteiger charge is -2.36. The summed E-state index contributed by atoms with van der Waals surface area (Å²) in [7, 11) is 0. The molecule has 20 heavy (non-hydrogen) atoms. The second-order valence-corrected chi connectivity index (χ2v) is 6.81. The van der Waals surface area contributed by atoms with Gasteiger partial charge >= 0.3 is 6.03 Å². The number of nitrogens with one attached hydrogen (secondary N) is 1. The van der Waals surface area contributed by atoms with Crippen molar-refractivity contribution in [3.8, 4) is 0 Å². The summed E-state index contributed by atoms with van der Waals surface area (Å²) in [5.41, 5.74) is 0.893. The van der Waals surface area contributed by atoms with Gasteiger partial charge in [0, 0.05) is 12.1 Å². The minimum absolute atomic E-state index is 0.0289. The standard InChI is InChI=1S/C14H21N3O2S/c1-3-12-15-8(2)13(20-12)16-14(19)17-9-4-5-10(17)7-11(18)6-9/h9-11,18H,3-7H2,1-2H3,(H,16,19). The number of thiazole rings is 1. The molecule has 2 fully saturated rings. The summed E-state index contributed by atoms with van der Waals surface area (Å²) in [6.07, 6.45) is 4.10. The van der Waals surface area contributed by atoms with E-state index in [1.807, 2.05) is 11.8 Å². The molecule has 0 spiro atoms. The lowest BCUT2D eigenvalue weighted by atomic mass is 10.0. The Balaban J connectivity index is 1.72. The number of nitrogens with zero attached hydrogens (tertiary/aromatic N) is 2. The van der Waals surface area contributed by atoms with E-state index in [1.54, 1.807) is 11.3 Å². The average Bonchev–Trinajstić information content (AvgIpc) is 2.89. The predicted molar refractivity (Wildman–Crippen MR) is 79.1 cm³/mol. The molecular formula is C14H21N3O2S. The molecule has 2 bridgehead atoms. The number of anilines is 1. The second-order valence-electron chi connectivity index (χ2n) is 5.72. The Morgan fingerprint density at radius 1 is 1.45 bits per heavy atom. The van der Waals surface area contributed by atoms with E-state index in [0.29, 0.717) is 12.8 Å². The van der Waals surface area contributed by atoms with Crippen LogP contribution in [0, 0.1) is 6.92 Å². The molecule has 3 heterocycles. The van der Waals surface area contributed by atoms with Gasteiger partial charge < -0.3 is 10.0 Å². The molecule has 5 nitrogen and oxygen atoms in total. The van der Waals surface area contributed by atoms with Gasteiger partial charge in [-0.25, -0.2) is 9.78 Å². The Morgan fingerprint density at radius 2 is 2.10 bits per heavy atom. The maximum absolute atomic E-state index is 12.5. The Kier molecular flexibility index (Phi) is 3.69. The van der Waals surface area contributed by atoms with Crippen molar-refractivity contribution in [1.82, 2.24) is 9.88 Å². The van der Waals surface area contributed by atoms with Gasteiger partial charge in [-0.1, -0.05) is 6.92 Å². The number of carbonyl (C=O) groups is 1. The molecule has 0 saturated carbocycles. The number of rotatable bonds is 2. The number of aliphatic hydroxyl groups excluding tert-OH is 1. The van der Waals surface area contributed by atoms with E-state index in [4.69, 9.17) is 0 Å². The van der Waals surface area contributed by atoms with Crippen molar-refractivity contribution >= 4 is 22.4 Å². The van der Waals surface area contributed by atoms with Crippen LogP contribution in [0.4, 0.5) is 9.80 Å². The van der Waals surface area contributed by atoms with E-state index in [-0.39, 0.29) is 24.2 Å². The number of aryl methyl sites for hydroxylation is 2. The molecule has 2 aliphatic rings. The van der Waals surface area contributed by atoms with Crippen LogP contribution in [-0.4, -0.2) is 39.2 Å². The maximum Gasteiger partial charge on any atom is 0.323 e. The van der Waals surface area contributed by atoms with Crippen molar-refractivity contribution in [2.75, 3.05) is 5.32 Å². The van der Waals surface area contributed by atoms with Crippen molar-refractivity contribution < 1.29 is 9.90 Å². The zero-order chi connectivity index (χ0) is 14.3. The van der Waals surface area contributed by atoms with Crippen molar-refractivity contribution in [2.24, 2.45) is 0 Å². The number of piperidine rings is 1. The predicted octanol–water partition coefficient (Wildman–Crippen LogP) is 2.53. The van der Waals surface area contributed by atoms with Crippen molar-refractivity contribution in [3.63, 3.8) is 0 Å². The van der Waals surface area contributed by atoms with Gasteiger partial charge in [-0.15, -0.1) is 11.3 Å². The highest BCUT2D eigenvalue weighted by atomic mass is 32.1. The van der Waals surface area contributed by atoms with E-state index in [2.05, 4.69) is 17.2 Å². The Bertz CT molecular complexity index is 503. The molecule has 1 aromatic rings. The largest absolute Gasteiger partial charge is 0.393 e. The lowest BCUT2D eigenvalue weighted by molar-refractivity contribution is 0.0580. The molecule has 3 rings (SSSR count). The number of fused-ring (bicyclic) bond motifs is 2. The van der Waals surface area contributed by atoms with Gasteiger partial charge in [0.05, 0.1) is 16.8 Å². The molecule has 110 valence electrons. The van der Waals surface area contributed by atoms with E-state index < -0.39 is 0 Å². The molecule has 2 aliphatic heterocycles. The molecule has 0 aliphatic carbocycles. The molecule has 2 N–H and O–H groups in total. The topological polar surface area (TPSA) is 65.5 Å². The summed E-state index contributed by atoms with van der Waals surface area (Å²) in [5, 5.41) is 14.7. The van der Waals surface area contributed by atoms with Crippen molar-refractivity contribution in [1.29, 1.82) is 0 Å². The number of amides is 2. The highest BCUT2D eigenvalue weighted by Crippen LogP contribution is 2.36. The number of carbonyl (C=O) groups excluding carboxylic acids is 1. The molecule has 0 aromatic carbocycles. The Hall–Kier alpha value is -1.14. The van der Waals surface area contributed by atoms with Crippen LogP contribution in [0.5, 0.6) is 0 Å². The third-order valence-corrected chi connectivity index (χ3v) is 5.52. The van der Waals surface area contributed by atoms with Crippen LogP contribution in [0.2, 0.25) is 0 Å². The average molecular weight is 295 g/mol. The minimum Gasteiger partial charge on any atom is -0.393 e. The number of aliphatic hydroxyl groups is 1. The fraction of sp³-hybridized carbons (Fsp3) is 0.714. The molecule has 0 radical (unpaired) electrons. The fourth-order valence-corrected chi connectivity index (χ4v) is 4.26. The number of hydrogen-bond acceptors (Lipinski definition) is 4. The summed E-state index contributed by atoms with van der Waals surface area (Å²) in [5.74, 6) is 0. The highest BCUT2D eigenvalue weighted by molar-refractivity contribution is 7.16. The maximum atomic E-state index is 12.5. The monoisotopic (exact) mass is 295 g/mol. The summed E-state index contributed by atoms with van der Waals surface area (Å²) in [6.45, 7) is 4.00. The van der Waals surface area contributed by atoms with Crippen LogP contribution in [0.25, 0.3) is 0 Å². The van der Waals surface area contributed by atoms with Gasteiger partial charge in [0.2, 0.25) is 0 Å². The van der Waals surface area contributed by atoms with Crippen LogP contribution in [0.15, 0.2) is 0 Å². The van der Waals surface area contributed by atoms with Gasteiger partial charge in [-0.3, -0.25) is 5.32 Å². The van der Waals surface area contributed by atoms with Crippen LogP contribution < -0.4 is 5.32 Å². The summed E-state index contributed by atoms with van der Waals surface area (Å²) < 4.78 is 0. The van der Waals surface area contributed by atoms with E-state index in [9.17, 15) is 9.90 Å². The number of hydrogen-bond donors (Lipinski definition) is 2. The molecule has 2 atom stereocenters. The first-order chi connectivity index (χ1) is 9.58. The number of urea groups is 1. The first-order valence-electron chi connectivity index (χ1n) is 7.32. The third-order valence-electron chi connectivity index (χ3n) is 4.31. The van der Waals surface area contributed by atoms with Crippen molar-refractivity contribution in [3.05, 3.63) is 10.7 Å². The van der Waals surface area contributed by atoms with Crippen LogP contribution in [-0.2, 0) is 6.42 Å². The van der Waals surface area contributed by atoms with Gasteiger partial charge in [0.1, 0.15) is 5.00 Å². The zero-order valence-electron chi connectivity index (χ0n) is 11.9. The molecular weight excluding hydrogens is 274 g/mol. The molecule has 2 amide bonds. The summed E-state index contributed by atoms with van der Waals surface area (Å²) in [6, 6.07) is 0.365. The first kappa shape index (κ1) is 13.8. The summed E-state index contributed by atoms with van der Waals surface area (Å²) in [4.78, 5) is 18.9. The molecule has 1 aromatic heterocycles. The molecule has 2 unspecified atom stereocenters. The second kappa shape index (κ2) is 5.33. The summed E-state index contributed by atoms with van der Waals surface area (Å²) >= 11 is 1.56. The van der Waals surface area contributed by atoms with E-state index >= 15 is 0 Å². The van der Waals surface area contributed by atoms with Gasteiger partial charge in [-0.05, 0) is 39.0 Å². The SMILES string of the molecule is CCc1nc(C)c(NC(=O)N2C3CCC2CC(O)C3)s1. The highest BCUT2D eigenvalue weighted by Gasteiger charge is 2.42. The smallest absolute Gasteiger partial charge is 0.323 e. The van der Waals surface area contributed by atoms with Gasteiger partial charge in [0.15, 0.2) is 0 Å². The molecule has 2 saturated heterocycles. The normalized spacial score (nSPS) is 28.8. The van der Waals surface area contributed by atoms with Crippen LogP contribution in [0.3, 0.4) is 0 Å².